The number of alkyl carbamates (subject to hydrolysis) is 1. The number of ether oxygens (including phenoxy) is 3. The Kier molecular flexibility index (Phi) is 12.5. The monoisotopic (exact) mass is 681 g/mol. The van der Waals surface area contributed by atoms with E-state index in [1.807, 2.05) is 81.4 Å². The van der Waals surface area contributed by atoms with Crippen LogP contribution < -0.4 is 5.32 Å². The number of benzene rings is 2. The second-order valence-corrected chi connectivity index (χ2v) is 20.2. The Morgan fingerprint density at radius 3 is 2.21 bits per heavy atom. The van der Waals surface area contributed by atoms with Gasteiger partial charge in [-0.05, 0) is 34.7 Å². The van der Waals surface area contributed by atoms with E-state index in [9.17, 15) is 14.4 Å². The number of morpholine rings is 1. The van der Waals surface area contributed by atoms with Gasteiger partial charge in [0.05, 0.1) is 32.5 Å². The third kappa shape index (κ3) is 9.90. The van der Waals surface area contributed by atoms with Gasteiger partial charge >= 0.3 is 6.09 Å². The lowest BCUT2D eigenvalue weighted by molar-refractivity contribution is -0.150. The number of carbonyl (C=O) groups excluding carboxylic acids is 3. The topological polar surface area (TPSA) is 107 Å². The number of rotatable bonds is 11. The molecule has 2 aliphatic rings. The van der Waals surface area contributed by atoms with Gasteiger partial charge in [0, 0.05) is 19.5 Å². The maximum absolute atomic E-state index is 14.4. The van der Waals surface area contributed by atoms with Crippen LogP contribution in [0.3, 0.4) is 0 Å². The number of nitrogens with zero attached hydrogens (tertiary/aromatic N) is 2. The Bertz CT molecular complexity index is 1360. The molecule has 4 atom stereocenters. The molecule has 2 aromatic rings. The molecule has 2 heterocycles. The molecule has 4 rings (SSSR count). The molecule has 48 heavy (non-hydrogen) atoms. The predicted molar refractivity (Wildman–Crippen MR) is 188 cm³/mol. The Morgan fingerprint density at radius 1 is 0.938 bits per heavy atom. The van der Waals surface area contributed by atoms with E-state index in [0.29, 0.717) is 39.3 Å². The number of hydrogen-bond donors (Lipinski definition) is 1. The molecule has 0 aromatic heterocycles. The SMILES string of the molecule is CC(C)(C)[C@H](NC(=O)OCc1ccccc1)C(=O)N1C[C@@H](OCCO[Si](C)(C)C(C)(C)C)C[C@H]1C(=O)N1CCO[C@H](c2ccccc2)C1. The van der Waals surface area contributed by atoms with E-state index in [0.717, 1.165) is 11.1 Å². The first-order chi connectivity index (χ1) is 22.6. The highest BCUT2D eigenvalue weighted by Crippen LogP contribution is 2.36. The maximum atomic E-state index is 14.4. The first-order valence-corrected chi connectivity index (χ1v) is 20.0. The first-order valence-electron chi connectivity index (χ1n) is 17.1. The molecule has 1 N–H and O–H groups in total. The van der Waals surface area contributed by atoms with Crippen LogP contribution in [0.5, 0.6) is 0 Å². The summed E-state index contributed by atoms with van der Waals surface area (Å²) in [5, 5.41) is 2.89. The van der Waals surface area contributed by atoms with Crippen molar-refractivity contribution >= 4 is 26.2 Å². The largest absolute Gasteiger partial charge is 0.445 e. The molecule has 10 nitrogen and oxygen atoms in total. The normalized spacial score (nSPS) is 21.1. The molecule has 2 fully saturated rings. The van der Waals surface area contributed by atoms with Gasteiger partial charge in [0.25, 0.3) is 0 Å². The molecule has 0 bridgehead atoms. The van der Waals surface area contributed by atoms with Gasteiger partial charge in [-0.25, -0.2) is 4.79 Å². The minimum atomic E-state index is -1.95. The maximum Gasteiger partial charge on any atom is 0.408 e. The molecule has 0 aliphatic carbocycles. The van der Waals surface area contributed by atoms with Crippen LogP contribution in [0.15, 0.2) is 60.7 Å². The van der Waals surface area contributed by atoms with Crippen LogP contribution in [0, 0.1) is 5.41 Å². The molecule has 0 radical (unpaired) electrons. The molecule has 2 saturated heterocycles. The van der Waals surface area contributed by atoms with Crippen molar-refractivity contribution in [3.05, 3.63) is 71.8 Å². The van der Waals surface area contributed by atoms with Crippen molar-refractivity contribution in [3.63, 3.8) is 0 Å². The van der Waals surface area contributed by atoms with Crippen LogP contribution in [0.25, 0.3) is 0 Å². The number of hydrogen-bond acceptors (Lipinski definition) is 7. The van der Waals surface area contributed by atoms with Gasteiger partial charge in [-0.1, -0.05) is 102 Å². The van der Waals surface area contributed by atoms with Gasteiger partial charge in [0.15, 0.2) is 8.32 Å². The average molecular weight is 682 g/mol. The number of carbonyl (C=O) groups is 3. The fraction of sp³-hybridized carbons (Fsp3) is 0.595. The lowest BCUT2D eigenvalue weighted by Gasteiger charge is -2.38. The second-order valence-electron chi connectivity index (χ2n) is 15.4. The minimum Gasteiger partial charge on any atom is -0.445 e. The molecule has 2 aromatic carbocycles. The van der Waals surface area contributed by atoms with E-state index < -0.39 is 31.9 Å². The highest BCUT2D eigenvalue weighted by Gasteiger charge is 2.47. The molecular formula is C37H55N3O7Si. The Hall–Kier alpha value is -3.25. The Labute approximate surface area is 287 Å². The summed E-state index contributed by atoms with van der Waals surface area (Å²) in [6.07, 6.45) is -0.948. The average Bonchev–Trinajstić information content (AvgIpc) is 3.48. The molecule has 11 heteroatoms. The van der Waals surface area contributed by atoms with Crippen LogP contribution in [0.1, 0.15) is 65.2 Å². The van der Waals surface area contributed by atoms with Crippen molar-refractivity contribution in [3.8, 4) is 0 Å². The molecule has 264 valence electrons. The van der Waals surface area contributed by atoms with E-state index >= 15 is 0 Å². The summed E-state index contributed by atoms with van der Waals surface area (Å²) < 4.78 is 24.1. The van der Waals surface area contributed by atoms with Gasteiger partial charge < -0.3 is 33.8 Å². The van der Waals surface area contributed by atoms with Gasteiger partial charge in [-0.2, -0.15) is 0 Å². The summed E-state index contributed by atoms with van der Waals surface area (Å²) in [4.78, 5) is 45.0. The lowest BCUT2D eigenvalue weighted by atomic mass is 9.85. The minimum absolute atomic E-state index is 0.0775. The van der Waals surface area contributed by atoms with Crippen LogP contribution in [0.4, 0.5) is 4.79 Å². The van der Waals surface area contributed by atoms with Crippen molar-refractivity contribution in [2.45, 2.75) is 97.0 Å². The predicted octanol–water partition coefficient (Wildman–Crippen LogP) is 5.94. The zero-order valence-electron chi connectivity index (χ0n) is 30.0. The van der Waals surface area contributed by atoms with Gasteiger partial charge in [-0.15, -0.1) is 0 Å². The summed E-state index contributed by atoms with van der Waals surface area (Å²) >= 11 is 0. The molecule has 2 aliphatic heterocycles. The summed E-state index contributed by atoms with van der Waals surface area (Å²) in [5.74, 6) is -0.482. The Balaban J connectivity index is 1.49. The van der Waals surface area contributed by atoms with Crippen LogP contribution in [0.2, 0.25) is 18.1 Å². The van der Waals surface area contributed by atoms with Crippen molar-refractivity contribution in [1.82, 2.24) is 15.1 Å². The van der Waals surface area contributed by atoms with E-state index in [2.05, 4.69) is 39.2 Å². The third-order valence-electron chi connectivity index (χ3n) is 9.67. The van der Waals surface area contributed by atoms with Crippen LogP contribution in [-0.2, 0) is 34.8 Å². The first kappa shape index (κ1) is 37.6. The number of likely N-dealkylation sites (tertiary alicyclic amines) is 1. The van der Waals surface area contributed by atoms with Gasteiger partial charge in [-0.3, -0.25) is 9.59 Å². The van der Waals surface area contributed by atoms with E-state index in [1.54, 1.807) is 9.80 Å². The number of amides is 3. The van der Waals surface area contributed by atoms with E-state index in [-0.39, 0.29) is 42.2 Å². The molecule has 0 spiro atoms. The highest BCUT2D eigenvalue weighted by atomic mass is 28.4. The number of nitrogens with one attached hydrogen (secondary N) is 1. The molecular weight excluding hydrogens is 627 g/mol. The van der Waals surface area contributed by atoms with Crippen molar-refractivity contribution in [2.24, 2.45) is 5.41 Å². The summed E-state index contributed by atoms with van der Waals surface area (Å²) in [5.41, 5.74) is 1.18. The van der Waals surface area contributed by atoms with Crippen molar-refractivity contribution in [1.29, 1.82) is 0 Å². The van der Waals surface area contributed by atoms with Crippen LogP contribution in [-0.4, -0.2) is 93.7 Å². The second kappa shape index (κ2) is 16.0. The zero-order valence-corrected chi connectivity index (χ0v) is 31.0. The fourth-order valence-corrected chi connectivity index (χ4v) is 6.78. The Morgan fingerprint density at radius 2 is 1.58 bits per heavy atom. The van der Waals surface area contributed by atoms with Gasteiger partial charge in [0.1, 0.15) is 24.8 Å². The van der Waals surface area contributed by atoms with Crippen molar-refractivity contribution in [2.75, 3.05) is 39.5 Å². The van der Waals surface area contributed by atoms with Crippen LogP contribution >= 0.6 is 0 Å². The van der Waals surface area contributed by atoms with Gasteiger partial charge in [0.2, 0.25) is 11.8 Å². The summed E-state index contributed by atoms with van der Waals surface area (Å²) in [7, 11) is -1.95. The molecule has 3 amide bonds. The fourth-order valence-electron chi connectivity index (χ4n) is 5.75. The zero-order chi connectivity index (χ0) is 35.1. The quantitative estimate of drug-likeness (QED) is 0.231. The standard InChI is InChI=1S/C37H55N3O7Si/c1-36(2,3)32(38-35(43)46-26-27-15-11-9-12-16-27)34(42)40-24-29(44-21-22-47-48(7,8)37(4,5)6)23-30(40)33(41)39-19-20-45-31(25-39)28-17-13-10-14-18-28/h9-18,29-32H,19-26H2,1-8H3,(H,38,43)/t29-,30-,31-,32+/m0/s1. The highest BCUT2D eigenvalue weighted by molar-refractivity contribution is 6.74. The third-order valence-corrected chi connectivity index (χ3v) is 14.2. The smallest absolute Gasteiger partial charge is 0.408 e. The summed E-state index contributed by atoms with van der Waals surface area (Å²) in [6, 6.07) is 17.5. The van der Waals surface area contributed by atoms with Crippen molar-refractivity contribution < 1.29 is 33.0 Å². The molecule has 0 saturated carbocycles. The van der Waals surface area contributed by atoms with E-state index in [4.69, 9.17) is 18.6 Å². The van der Waals surface area contributed by atoms with E-state index in [1.165, 1.54) is 0 Å². The molecule has 0 unspecified atom stereocenters. The lowest BCUT2D eigenvalue weighted by Crippen LogP contribution is -2.58. The summed E-state index contributed by atoms with van der Waals surface area (Å²) in [6.45, 7) is 19.0.